The molecule has 170 valence electrons. The van der Waals surface area contributed by atoms with Gasteiger partial charge in [-0.15, -0.1) is 0 Å². The number of ether oxygens (including phenoxy) is 2. The Bertz CT molecular complexity index is 1320. The first-order valence-corrected chi connectivity index (χ1v) is 10.8. The van der Waals surface area contributed by atoms with Crippen LogP contribution in [0, 0.1) is 0 Å². The molecule has 0 bridgehead atoms. The van der Waals surface area contributed by atoms with Gasteiger partial charge in [-0.25, -0.2) is 0 Å². The van der Waals surface area contributed by atoms with Crippen LogP contribution in [0.3, 0.4) is 0 Å². The van der Waals surface area contributed by atoms with Crippen LogP contribution < -0.4 is 9.47 Å². The molecule has 34 heavy (non-hydrogen) atoms. The van der Waals surface area contributed by atoms with Gasteiger partial charge in [-0.1, -0.05) is 24.3 Å². The zero-order chi connectivity index (χ0) is 23.8. The van der Waals surface area contributed by atoms with E-state index in [1.54, 1.807) is 43.7 Å². The van der Waals surface area contributed by atoms with Crippen molar-refractivity contribution in [2.24, 2.45) is 0 Å². The maximum absolute atomic E-state index is 12.3. The van der Waals surface area contributed by atoms with Crippen molar-refractivity contribution in [2.45, 2.75) is 13.0 Å². The van der Waals surface area contributed by atoms with Crippen molar-refractivity contribution in [3.8, 4) is 11.5 Å². The Morgan fingerprint density at radius 2 is 1.74 bits per heavy atom. The number of pyridine rings is 1. The molecule has 0 unspecified atom stereocenters. The molecule has 0 spiro atoms. The number of rotatable bonds is 10. The highest BCUT2D eigenvalue weighted by Gasteiger charge is 2.07. The molecule has 0 radical (unpaired) electrons. The van der Waals surface area contributed by atoms with Crippen LogP contribution in [-0.4, -0.2) is 28.6 Å². The van der Waals surface area contributed by atoms with E-state index >= 15 is 0 Å². The number of hydrogen-bond donors (Lipinski definition) is 1. The van der Waals surface area contributed by atoms with E-state index in [1.807, 2.05) is 48.5 Å². The Morgan fingerprint density at radius 3 is 2.50 bits per heavy atom. The molecule has 0 aliphatic rings. The van der Waals surface area contributed by atoms with Crippen molar-refractivity contribution in [3.63, 3.8) is 0 Å². The summed E-state index contributed by atoms with van der Waals surface area (Å²) in [6.07, 6.45) is 7.64. The van der Waals surface area contributed by atoms with Crippen molar-refractivity contribution in [2.75, 3.05) is 7.11 Å². The van der Waals surface area contributed by atoms with Gasteiger partial charge in [0.2, 0.25) is 0 Å². The maximum atomic E-state index is 12.3. The van der Waals surface area contributed by atoms with Crippen LogP contribution in [-0.2, 0) is 16.2 Å². The third-order valence-corrected chi connectivity index (χ3v) is 5.11. The minimum absolute atomic E-state index is 0.208. The summed E-state index contributed by atoms with van der Waals surface area (Å²) in [5, 5.41) is 1.07. The number of nitrogens with zero attached hydrogens (tertiary/aromatic N) is 1. The van der Waals surface area contributed by atoms with Crippen molar-refractivity contribution in [3.05, 3.63) is 102 Å². The van der Waals surface area contributed by atoms with Gasteiger partial charge in [0, 0.05) is 29.0 Å². The van der Waals surface area contributed by atoms with E-state index in [0.29, 0.717) is 23.7 Å². The number of hydrogen-bond acceptors (Lipinski definition) is 5. The molecule has 1 N–H and O–H groups in total. The number of carbonyl (C=O) groups is 2. The lowest BCUT2D eigenvalue weighted by Gasteiger charge is -2.09. The molecule has 2 aromatic carbocycles. The SMILES string of the molecule is COc1cc(OCc2ccccn2)ccc1C=CC(=O)CC(=O)C=Cc1cc2ccccc2[nH]1. The first-order chi connectivity index (χ1) is 16.6. The molecule has 0 atom stereocenters. The highest BCUT2D eigenvalue weighted by atomic mass is 16.5. The molecule has 6 heteroatoms. The van der Waals surface area contributed by atoms with Gasteiger partial charge >= 0.3 is 0 Å². The fraction of sp³-hybridized carbons (Fsp3) is 0.107. The van der Waals surface area contributed by atoms with E-state index in [1.165, 1.54) is 12.2 Å². The van der Waals surface area contributed by atoms with E-state index in [4.69, 9.17) is 9.47 Å². The summed E-state index contributed by atoms with van der Waals surface area (Å²) in [7, 11) is 1.55. The smallest absolute Gasteiger partial charge is 0.163 e. The van der Waals surface area contributed by atoms with Crippen molar-refractivity contribution >= 4 is 34.6 Å². The normalized spacial score (nSPS) is 11.3. The van der Waals surface area contributed by atoms with Gasteiger partial charge in [-0.05, 0) is 66.1 Å². The fourth-order valence-corrected chi connectivity index (χ4v) is 3.40. The van der Waals surface area contributed by atoms with Gasteiger partial charge in [0.05, 0.1) is 19.2 Å². The van der Waals surface area contributed by atoms with Crippen molar-refractivity contribution in [1.29, 1.82) is 0 Å². The van der Waals surface area contributed by atoms with Crippen LogP contribution in [0.4, 0.5) is 0 Å². The summed E-state index contributed by atoms with van der Waals surface area (Å²) >= 11 is 0. The average Bonchev–Trinajstić information content (AvgIpc) is 3.29. The van der Waals surface area contributed by atoms with E-state index in [-0.39, 0.29) is 18.0 Å². The zero-order valence-corrected chi connectivity index (χ0v) is 18.7. The van der Waals surface area contributed by atoms with Crippen molar-refractivity contribution < 1.29 is 19.1 Å². The summed E-state index contributed by atoms with van der Waals surface area (Å²) in [5.74, 6) is 0.637. The minimum atomic E-state index is -0.288. The Balaban J connectivity index is 1.33. The van der Waals surface area contributed by atoms with Gasteiger partial charge in [0.15, 0.2) is 11.6 Å². The zero-order valence-electron chi connectivity index (χ0n) is 18.7. The Hall–Kier alpha value is -4.45. The summed E-state index contributed by atoms with van der Waals surface area (Å²) in [6.45, 7) is 0.339. The Morgan fingerprint density at radius 1 is 0.941 bits per heavy atom. The average molecular weight is 453 g/mol. The largest absolute Gasteiger partial charge is 0.496 e. The monoisotopic (exact) mass is 452 g/mol. The number of aromatic nitrogens is 2. The Kier molecular flexibility index (Phi) is 7.30. The highest BCUT2D eigenvalue weighted by Crippen LogP contribution is 2.26. The molecule has 0 fully saturated rings. The fourth-order valence-electron chi connectivity index (χ4n) is 3.40. The van der Waals surface area contributed by atoms with Gasteiger partial charge < -0.3 is 14.5 Å². The summed E-state index contributed by atoms with van der Waals surface area (Å²) in [6, 6.07) is 20.8. The molecule has 0 saturated heterocycles. The maximum Gasteiger partial charge on any atom is 0.163 e. The number of fused-ring (bicyclic) bond motifs is 1. The minimum Gasteiger partial charge on any atom is -0.496 e. The van der Waals surface area contributed by atoms with Gasteiger partial charge in [-0.2, -0.15) is 0 Å². The highest BCUT2D eigenvalue weighted by molar-refractivity contribution is 6.11. The third-order valence-electron chi connectivity index (χ3n) is 5.11. The topological polar surface area (TPSA) is 81.3 Å². The van der Waals surface area contributed by atoms with E-state index < -0.39 is 0 Å². The quantitative estimate of drug-likeness (QED) is 0.257. The van der Waals surface area contributed by atoms with Crippen LogP contribution in [0.15, 0.2) is 85.1 Å². The molecule has 0 aliphatic heterocycles. The van der Waals surface area contributed by atoms with E-state index in [2.05, 4.69) is 9.97 Å². The predicted molar refractivity (Wildman–Crippen MR) is 133 cm³/mol. The number of para-hydroxylation sites is 1. The first kappa shape index (κ1) is 22.7. The van der Waals surface area contributed by atoms with Gasteiger partial charge in [0.25, 0.3) is 0 Å². The molecular weight excluding hydrogens is 428 g/mol. The summed E-state index contributed by atoms with van der Waals surface area (Å²) < 4.78 is 11.2. The molecule has 2 heterocycles. The lowest BCUT2D eigenvalue weighted by molar-refractivity contribution is -0.121. The van der Waals surface area contributed by atoms with Crippen LogP contribution in [0.5, 0.6) is 11.5 Å². The molecule has 2 aromatic heterocycles. The lowest BCUT2D eigenvalue weighted by atomic mass is 10.1. The second-order valence-electron chi connectivity index (χ2n) is 7.60. The van der Waals surface area contributed by atoms with Crippen LogP contribution in [0.1, 0.15) is 23.4 Å². The van der Waals surface area contributed by atoms with Crippen LogP contribution in [0.2, 0.25) is 0 Å². The second-order valence-corrected chi connectivity index (χ2v) is 7.60. The number of methoxy groups -OCH3 is 1. The number of nitrogens with one attached hydrogen (secondary N) is 1. The van der Waals surface area contributed by atoms with Crippen LogP contribution >= 0.6 is 0 Å². The number of H-pyrrole nitrogens is 1. The number of ketones is 2. The van der Waals surface area contributed by atoms with Crippen molar-refractivity contribution in [1.82, 2.24) is 9.97 Å². The van der Waals surface area contributed by atoms with E-state index in [9.17, 15) is 9.59 Å². The lowest BCUT2D eigenvalue weighted by Crippen LogP contribution is -2.02. The molecule has 4 rings (SSSR count). The molecule has 0 saturated carbocycles. The molecule has 0 amide bonds. The molecule has 4 aromatic rings. The molecule has 0 aliphatic carbocycles. The summed E-state index contributed by atoms with van der Waals surface area (Å²) in [4.78, 5) is 31.9. The number of benzene rings is 2. The van der Waals surface area contributed by atoms with E-state index in [0.717, 1.165) is 22.3 Å². The summed E-state index contributed by atoms with van der Waals surface area (Å²) in [5.41, 5.74) is 3.34. The van der Waals surface area contributed by atoms with Gasteiger partial charge in [-0.3, -0.25) is 14.6 Å². The predicted octanol–water partition coefficient (Wildman–Crippen LogP) is 5.41. The second kappa shape index (κ2) is 10.9. The first-order valence-electron chi connectivity index (χ1n) is 10.8. The Labute approximate surface area is 197 Å². The number of aromatic amines is 1. The molecule has 6 nitrogen and oxygen atoms in total. The van der Waals surface area contributed by atoms with Gasteiger partial charge in [0.1, 0.15) is 18.1 Å². The molecular formula is C28H24N2O4. The van der Waals surface area contributed by atoms with Crippen LogP contribution in [0.25, 0.3) is 23.1 Å². The number of carbonyl (C=O) groups excluding carboxylic acids is 2. The third kappa shape index (κ3) is 6.07. The number of allylic oxidation sites excluding steroid dienone is 2. The standard InChI is InChI=1S/C28H24N2O4/c1-33-28-18-26(34-19-23-7-4-5-15-29-23)14-10-20(28)9-12-24(31)17-25(32)13-11-22-16-21-6-2-3-8-27(21)30-22/h2-16,18,30H,17,19H2,1H3.